The summed E-state index contributed by atoms with van der Waals surface area (Å²) in [4.78, 5) is 29.0. The van der Waals surface area contributed by atoms with E-state index in [9.17, 15) is 9.59 Å². The highest BCUT2D eigenvalue weighted by Gasteiger charge is 2.37. The molecule has 0 bridgehead atoms. The van der Waals surface area contributed by atoms with Crippen LogP contribution in [0.25, 0.3) is 0 Å². The van der Waals surface area contributed by atoms with Gasteiger partial charge in [0, 0.05) is 13.1 Å². The van der Waals surface area contributed by atoms with Gasteiger partial charge in [-0.25, -0.2) is 0 Å². The molecule has 2 N–H and O–H groups in total. The third-order valence-corrected chi connectivity index (χ3v) is 6.20. The van der Waals surface area contributed by atoms with Crippen molar-refractivity contribution in [1.29, 1.82) is 0 Å². The molecule has 4 unspecified atom stereocenters. The third kappa shape index (κ3) is 4.31. The Balaban J connectivity index is 1.24. The van der Waals surface area contributed by atoms with Gasteiger partial charge in [0.1, 0.15) is 12.5 Å². The van der Waals surface area contributed by atoms with Crippen LogP contribution in [0.15, 0.2) is 0 Å². The molecule has 9 heteroatoms. The first-order chi connectivity index (χ1) is 13.2. The fourth-order valence-corrected chi connectivity index (χ4v) is 4.71. The summed E-state index contributed by atoms with van der Waals surface area (Å²) in [5, 5.41) is 6.54. The van der Waals surface area contributed by atoms with Crippen molar-refractivity contribution in [3.8, 4) is 0 Å². The van der Waals surface area contributed by atoms with Gasteiger partial charge >= 0.3 is 7.69 Å². The lowest BCUT2D eigenvalue weighted by atomic mass is 10.2. The average molecular weight is 378 g/mol. The van der Waals surface area contributed by atoms with Crippen LogP contribution in [0, 0.1) is 0 Å². The summed E-state index contributed by atoms with van der Waals surface area (Å²) in [6.45, 7) is 3.34. The van der Waals surface area contributed by atoms with Gasteiger partial charge in [0.25, 0.3) is 0 Å². The van der Waals surface area contributed by atoms with Gasteiger partial charge in [0.2, 0.25) is 11.8 Å². The Morgan fingerprint density at radius 1 is 0.741 bits per heavy atom. The molecule has 150 valence electrons. The van der Waals surface area contributed by atoms with Crippen molar-refractivity contribution >= 4 is 19.5 Å². The second-order valence-electron chi connectivity index (χ2n) is 8.01. The van der Waals surface area contributed by atoms with Crippen molar-refractivity contribution in [1.82, 2.24) is 20.4 Å². The van der Waals surface area contributed by atoms with E-state index in [0.29, 0.717) is 0 Å². The lowest BCUT2D eigenvalue weighted by molar-refractivity contribution is -0.140. The van der Waals surface area contributed by atoms with Crippen molar-refractivity contribution in [3.05, 3.63) is 0 Å². The fourth-order valence-electron chi connectivity index (χ4n) is 4.71. The van der Waals surface area contributed by atoms with Gasteiger partial charge in [-0.3, -0.25) is 9.59 Å². The zero-order valence-electron chi connectivity index (χ0n) is 16.0. The number of likely N-dealkylation sites (tertiary alicyclic amines) is 2. The lowest BCUT2D eigenvalue weighted by Crippen LogP contribution is -2.48. The summed E-state index contributed by atoms with van der Waals surface area (Å²) in [5.74, 6) is 0.306. The minimum Gasteiger partial charge on any atom is -0.393 e. The summed E-state index contributed by atoms with van der Waals surface area (Å²) in [5.41, 5.74) is 0. The van der Waals surface area contributed by atoms with Gasteiger partial charge < -0.3 is 29.7 Å². The first kappa shape index (κ1) is 19.2. The van der Waals surface area contributed by atoms with E-state index in [1.54, 1.807) is 0 Å². The summed E-state index contributed by atoms with van der Waals surface area (Å²) < 4.78 is 11.8. The molecule has 0 saturated carbocycles. The molecule has 4 rings (SSSR count). The van der Waals surface area contributed by atoms with Crippen LogP contribution >= 0.6 is 0 Å². The molecule has 4 aliphatic heterocycles. The van der Waals surface area contributed by atoms with E-state index < -0.39 is 0 Å². The van der Waals surface area contributed by atoms with Crippen molar-refractivity contribution in [3.63, 3.8) is 0 Å². The molecular formula is C18H31BN4O4. The van der Waals surface area contributed by atoms with E-state index in [1.807, 2.05) is 9.80 Å². The number of hydrogen-bond donors (Lipinski definition) is 2. The first-order valence-electron chi connectivity index (χ1n) is 10.5. The van der Waals surface area contributed by atoms with E-state index in [4.69, 9.17) is 9.31 Å². The number of hydrogen-bond acceptors (Lipinski definition) is 6. The third-order valence-electron chi connectivity index (χ3n) is 6.20. The smallest absolute Gasteiger partial charge is 0.393 e. The van der Waals surface area contributed by atoms with Crippen LogP contribution in [-0.2, 0) is 18.9 Å². The Morgan fingerprint density at radius 2 is 1.22 bits per heavy atom. The second kappa shape index (κ2) is 8.90. The van der Waals surface area contributed by atoms with Crippen LogP contribution in [0.5, 0.6) is 0 Å². The highest BCUT2D eigenvalue weighted by atomic mass is 16.6. The Labute approximate surface area is 161 Å². The van der Waals surface area contributed by atoms with E-state index >= 15 is 0 Å². The predicted octanol–water partition coefficient (Wildman–Crippen LogP) is -0.313. The highest BCUT2D eigenvalue weighted by molar-refractivity contribution is 6.18. The number of amides is 2. The van der Waals surface area contributed by atoms with Gasteiger partial charge in [-0.05, 0) is 64.5 Å². The first-order valence-corrected chi connectivity index (χ1v) is 10.5. The van der Waals surface area contributed by atoms with Crippen molar-refractivity contribution in [2.24, 2.45) is 0 Å². The fraction of sp³-hybridized carbons (Fsp3) is 0.889. The molecule has 4 atom stereocenters. The van der Waals surface area contributed by atoms with Crippen molar-refractivity contribution in [2.75, 3.05) is 26.2 Å². The van der Waals surface area contributed by atoms with Gasteiger partial charge in [-0.2, -0.15) is 0 Å². The summed E-state index contributed by atoms with van der Waals surface area (Å²) in [6.07, 6.45) is 7.14. The molecule has 0 spiro atoms. The average Bonchev–Trinajstić information content (AvgIpc) is 3.49. The quantitative estimate of drug-likeness (QED) is 0.617. The SMILES string of the molecule is O=C(C1CCCN1)N1CCCC1OBOC1CCCN1C(=O)C1CCCN1. The number of carbonyl (C=O) groups excluding carboxylic acids is 2. The zero-order valence-corrected chi connectivity index (χ0v) is 16.0. The van der Waals surface area contributed by atoms with Gasteiger partial charge in [0.15, 0.2) is 0 Å². The zero-order chi connectivity index (χ0) is 18.6. The van der Waals surface area contributed by atoms with Crippen molar-refractivity contribution < 1.29 is 18.9 Å². The van der Waals surface area contributed by atoms with E-state index in [2.05, 4.69) is 10.6 Å². The predicted molar refractivity (Wildman–Crippen MR) is 101 cm³/mol. The van der Waals surface area contributed by atoms with E-state index in [-0.39, 0.29) is 44.0 Å². The Bertz CT molecular complexity index is 493. The molecular weight excluding hydrogens is 347 g/mol. The number of rotatable bonds is 6. The summed E-state index contributed by atoms with van der Waals surface area (Å²) in [7, 11) is 0.124. The summed E-state index contributed by atoms with van der Waals surface area (Å²) >= 11 is 0. The van der Waals surface area contributed by atoms with Crippen LogP contribution in [-0.4, -0.2) is 80.0 Å². The summed E-state index contributed by atoms with van der Waals surface area (Å²) in [6, 6.07) is -0.117. The molecule has 2 amide bonds. The van der Waals surface area contributed by atoms with Gasteiger partial charge in [-0.15, -0.1) is 0 Å². The molecule has 4 saturated heterocycles. The maximum Gasteiger partial charge on any atom is 0.441 e. The molecule has 0 aromatic carbocycles. The van der Waals surface area contributed by atoms with E-state index in [1.165, 1.54) is 0 Å². The van der Waals surface area contributed by atoms with Crippen LogP contribution in [0.4, 0.5) is 0 Å². The minimum atomic E-state index is -0.207. The number of nitrogens with one attached hydrogen (secondary N) is 2. The maximum atomic E-state index is 12.6. The monoisotopic (exact) mass is 378 g/mol. The topological polar surface area (TPSA) is 83.1 Å². The van der Waals surface area contributed by atoms with Crippen LogP contribution in [0.1, 0.15) is 51.4 Å². The maximum absolute atomic E-state index is 12.6. The molecule has 4 heterocycles. The molecule has 0 aromatic rings. The molecule has 0 radical (unpaired) electrons. The largest absolute Gasteiger partial charge is 0.441 e. The van der Waals surface area contributed by atoms with Crippen LogP contribution in [0.3, 0.4) is 0 Å². The molecule has 4 fully saturated rings. The molecule has 4 aliphatic rings. The second-order valence-corrected chi connectivity index (χ2v) is 8.01. The molecule has 27 heavy (non-hydrogen) atoms. The molecule has 0 aromatic heterocycles. The van der Waals surface area contributed by atoms with Gasteiger partial charge in [-0.1, -0.05) is 0 Å². The normalized spacial score (nSPS) is 33.8. The van der Waals surface area contributed by atoms with Crippen molar-refractivity contribution in [2.45, 2.75) is 75.9 Å². The Hall–Kier alpha value is -1.16. The number of carbonyl (C=O) groups is 2. The van der Waals surface area contributed by atoms with Crippen LogP contribution < -0.4 is 10.6 Å². The van der Waals surface area contributed by atoms with Crippen LogP contribution in [0.2, 0.25) is 0 Å². The standard InChI is InChI=1S/C18H31BN4O4/c24-17(13-5-1-9-20-13)22-11-3-7-15(22)26-19-27-16-8-4-12-23(16)18(25)14-6-2-10-21-14/h13-16,19-21H,1-12H2. The Kier molecular flexibility index (Phi) is 6.32. The Morgan fingerprint density at radius 3 is 1.63 bits per heavy atom. The minimum absolute atomic E-state index is 0.0584. The number of nitrogens with zero attached hydrogens (tertiary/aromatic N) is 2. The molecule has 0 aliphatic carbocycles. The van der Waals surface area contributed by atoms with Gasteiger partial charge in [0.05, 0.1) is 12.1 Å². The van der Waals surface area contributed by atoms with E-state index in [0.717, 1.165) is 77.5 Å². The molecule has 8 nitrogen and oxygen atoms in total. The highest BCUT2D eigenvalue weighted by Crippen LogP contribution is 2.23. The lowest BCUT2D eigenvalue weighted by Gasteiger charge is -2.30.